The molecule has 0 aliphatic carbocycles. The Morgan fingerprint density at radius 3 is 2.76 bits per heavy atom. The zero-order valence-electron chi connectivity index (χ0n) is 14.2. The number of aryl methyl sites for hydroxylation is 1. The molecule has 3 aromatic rings. The Morgan fingerprint density at radius 1 is 1.20 bits per heavy atom. The molecule has 0 aliphatic rings. The first kappa shape index (κ1) is 16.6. The lowest BCUT2D eigenvalue weighted by atomic mass is 10.1. The average molecular weight is 338 g/mol. The minimum Gasteiger partial charge on any atom is -0.274 e. The zero-order chi connectivity index (χ0) is 18.0. The van der Waals surface area contributed by atoms with Crippen LogP contribution in [0.1, 0.15) is 18.3 Å². The summed E-state index contributed by atoms with van der Waals surface area (Å²) < 4.78 is 1.68. The van der Waals surface area contributed by atoms with Crippen LogP contribution in [-0.4, -0.2) is 43.7 Å². The van der Waals surface area contributed by atoms with E-state index in [0.717, 1.165) is 16.8 Å². The molecular weight excluding hydrogens is 320 g/mol. The minimum atomic E-state index is -0.286. The fourth-order valence-corrected chi connectivity index (χ4v) is 2.48. The van der Waals surface area contributed by atoms with Crippen LogP contribution in [0.4, 0.5) is 0 Å². The normalized spacial score (nSPS) is 10.7. The molecule has 2 amide bonds. The molecule has 0 unspecified atom stereocenters. The van der Waals surface area contributed by atoms with Gasteiger partial charge in [-0.1, -0.05) is 18.2 Å². The highest BCUT2D eigenvalue weighted by Crippen LogP contribution is 2.19. The van der Waals surface area contributed by atoms with Crippen molar-refractivity contribution in [2.45, 2.75) is 20.3 Å². The van der Waals surface area contributed by atoms with Crippen LogP contribution < -0.4 is 5.43 Å². The van der Waals surface area contributed by atoms with Crippen molar-refractivity contribution in [2.24, 2.45) is 0 Å². The van der Waals surface area contributed by atoms with E-state index in [1.807, 2.05) is 43.3 Å². The molecule has 0 aliphatic heterocycles. The van der Waals surface area contributed by atoms with Crippen LogP contribution in [0.2, 0.25) is 0 Å². The van der Waals surface area contributed by atoms with Gasteiger partial charge >= 0.3 is 0 Å². The molecule has 0 radical (unpaired) electrons. The van der Waals surface area contributed by atoms with Crippen molar-refractivity contribution < 1.29 is 9.59 Å². The zero-order valence-corrected chi connectivity index (χ0v) is 14.2. The minimum absolute atomic E-state index is 0.179. The number of rotatable bonds is 3. The Morgan fingerprint density at radius 2 is 2.00 bits per heavy atom. The van der Waals surface area contributed by atoms with Crippen molar-refractivity contribution in [3.8, 4) is 11.3 Å². The van der Waals surface area contributed by atoms with Crippen molar-refractivity contribution in [1.29, 1.82) is 0 Å². The lowest BCUT2D eigenvalue weighted by Gasteiger charge is -2.17. The van der Waals surface area contributed by atoms with E-state index >= 15 is 0 Å². The number of nitrogens with one attached hydrogen (secondary N) is 1. The molecule has 0 bridgehead atoms. The number of hydrogen-bond donors (Lipinski definition) is 1. The number of likely N-dealkylation sites (N-methyl/N-ethyl adjacent to an activating group) is 1. The molecule has 0 saturated heterocycles. The first-order chi connectivity index (χ1) is 11.9. The molecule has 25 heavy (non-hydrogen) atoms. The Hall–Kier alpha value is -3.29. The van der Waals surface area contributed by atoms with Crippen LogP contribution in [-0.2, 0) is 16.0 Å². The van der Waals surface area contributed by atoms with E-state index in [0.29, 0.717) is 11.5 Å². The molecule has 0 fully saturated rings. The fourth-order valence-electron chi connectivity index (χ4n) is 2.48. The summed E-state index contributed by atoms with van der Waals surface area (Å²) >= 11 is 0. The van der Waals surface area contributed by atoms with E-state index in [1.54, 1.807) is 4.52 Å². The number of carbonyl (C=O) groups excluding carboxylic acids is 2. The number of fused-ring (bicyclic) bond motifs is 1. The molecule has 8 heteroatoms. The molecule has 0 atom stereocenters. The number of amides is 2. The van der Waals surface area contributed by atoms with Crippen molar-refractivity contribution >= 4 is 17.5 Å². The highest BCUT2D eigenvalue weighted by Gasteiger charge is 2.12. The Labute approximate surface area is 144 Å². The third-order valence-electron chi connectivity index (χ3n) is 3.70. The van der Waals surface area contributed by atoms with Gasteiger partial charge in [0, 0.05) is 19.5 Å². The molecule has 8 nitrogen and oxygen atoms in total. The maximum Gasteiger partial charge on any atom is 0.245 e. The molecule has 1 aromatic carbocycles. The molecule has 2 heterocycles. The van der Waals surface area contributed by atoms with E-state index in [2.05, 4.69) is 20.7 Å². The lowest BCUT2D eigenvalue weighted by molar-refractivity contribution is -0.138. The van der Waals surface area contributed by atoms with Gasteiger partial charge in [0.05, 0.1) is 12.1 Å². The molecule has 2 aromatic heterocycles. The standard InChI is InChI=1S/C17H18N6O2/c1-11-18-19-16-8-7-15(21-23(11)16)14-6-4-5-13(9-14)10-17(25)22(3)20-12(2)24/h4-9H,10H2,1-3H3,(H,20,24). The topological polar surface area (TPSA) is 92.5 Å². The van der Waals surface area contributed by atoms with Gasteiger partial charge in [-0.2, -0.15) is 9.61 Å². The Bertz CT molecular complexity index is 949. The average Bonchev–Trinajstić information content (AvgIpc) is 2.95. The van der Waals surface area contributed by atoms with Crippen LogP contribution in [0.3, 0.4) is 0 Å². The third kappa shape index (κ3) is 3.63. The summed E-state index contributed by atoms with van der Waals surface area (Å²) in [4.78, 5) is 23.2. The van der Waals surface area contributed by atoms with Gasteiger partial charge in [-0.05, 0) is 30.7 Å². The first-order valence-electron chi connectivity index (χ1n) is 7.76. The van der Waals surface area contributed by atoms with Crippen molar-refractivity contribution in [3.05, 3.63) is 47.8 Å². The van der Waals surface area contributed by atoms with Crippen LogP contribution in [0, 0.1) is 6.92 Å². The summed E-state index contributed by atoms with van der Waals surface area (Å²) in [5.41, 5.74) is 5.62. The number of carbonyl (C=O) groups is 2. The molecule has 128 valence electrons. The van der Waals surface area contributed by atoms with Crippen molar-refractivity contribution in [1.82, 2.24) is 30.2 Å². The SMILES string of the molecule is CC(=O)NN(C)C(=O)Cc1cccc(-c2ccc3nnc(C)n3n2)c1. The monoisotopic (exact) mass is 338 g/mol. The quantitative estimate of drug-likeness (QED) is 0.723. The van der Waals surface area contributed by atoms with E-state index in [4.69, 9.17) is 0 Å². The summed E-state index contributed by atoms with van der Waals surface area (Å²) in [6.07, 6.45) is 0.179. The van der Waals surface area contributed by atoms with Gasteiger partial charge in [-0.3, -0.25) is 20.0 Å². The second-order valence-corrected chi connectivity index (χ2v) is 5.73. The maximum atomic E-state index is 12.2. The highest BCUT2D eigenvalue weighted by atomic mass is 16.2. The van der Waals surface area contributed by atoms with Crippen LogP contribution >= 0.6 is 0 Å². The van der Waals surface area contributed by atoms with Gasteiger partial charge in [0.25, 0.3) is 0 Å². The van der Waals surface area contributed by atoms with E-state index in [-0.39, 0.29) is 18.2 Å². The molecule has 3 rings (SSSR count). The summed E-state index contributed by atoms with van der Waals surface area (Å²) in [5, 5.41) is 13.7. The number of hydrazine groups is 1. The predicted molar refractivity (Wildman–Crippen MR) is 91.2 cm³/mol. The van der Waals surface area contributed by atoms with Gasteiger partial charge in [0.1, 0.15) is 0 Å². The van der Waals surface area contributed by atoms with Gasteiger partial charge in [0.2, 0.25) is 11.8 Å². The third-order valence-corrected chi connectivity index (χ3v) is 3.70. The summed E-state index contributed by atoms with van der Waals surface area (Å²) in [6.45, 7) is 3.20. The predicted octanol–water partition coefficient (Wildman–Crippen LogP) is 1.15. The Balaban J connectivity index is 1.84. The highest BCUT2D eigenvalue weighted by molar-refractivity contribution is 5.82. The van der Waals surface area contributed by atoms with E-state index in [1.165, 1.54) is 19.0 Å². The van der Waals surface area contributed by atoms with Gasteiger partial charge < -0.3 is 0 Å². The van der Waals surface area contributed by atoms with Crippen LogP contribution in [0.5, 0.6) is 0 Å². The second-order valence-electron chi connectivity index (χ2n) is 5.73. The van der Waals surface area contributed by atoms with Crippen molar-refractivity contribution in [3.63, 3.8) is 0 Å². The Kier molecular flexibility index (Phi) is 4.42. The maximum absolute atomic E-state index is 12.2. The van der Waals surface area contributed by atoms with Crippen molar-refractivity contribution in [2.75, 3.05) is 7.05 Å². The fraction of sp³-hybridized carbons (Fsp3) is 0.235. The molecule has 0 saturated carbocycles. The van der Waals surface area contributed by atoms with Crippen LogP contribution in [0.25, 0.3) is 16.9 Å². The lowest BCUT2D eigenvalue weighted by Crippen LogP contribution is -2.42. The second kappa shape index (κ2) is 6.68. The molecule has 1 N–H and O–H groups in total. The van der Waals surface area contributed by atoms with Gasteiger partial charge in [-0.25, -0.2) is 0 Å². The largest absolute Gasteiger partial charge is 0.274 e. The first-order valence-corrected chi connectivity index (χ1v) is 7.76. The summed E-state index contributed by atoms with van der Waals surface area (Å²) in [7, 11) is 1.53. The molecular formula is C17H18N6O2. The van der Waals surface area contributed by atoms with E-state index < -0.39 is 0 Å². The number of benzene rings is 1. The van der Waals surface area contributed by atoms with E-state index in [9.17, 15) is 9.59 Å². The van der Waals surface area contributed by atoms with Gasteiger partial charge in [0.15, 0.2) is 11.5 Å². The van der Waals surface area contributed by atoms with Crippen LogP contribution in [0.15, 0.2) is 36.4 Å². The summed E-state index contributed by atoms with van der Waals surface area (Å²) in [5.74, 6) is 0.219. The number of aromatic nitrogens is 4. The van der Waals surface area contributed by atoms with Gasteiger partial charge in [-0.15, -0.1) is 10.2 Å². The number of nitrogens with zero attached hydrogens (tertiary/aromatic N) is 5. The smallest absolute Gasteiger partial charge is 0.245 e. The molecule has 0 spiro atoms. The summed E-state index contributed by atoms with van der Waals surface area (Å²) in [6, 6.07) is 11.3. The number of hydrogen-bond acceptors (Lipinski definition) is 5.